The Balaban J connectivity index is 1.92. The summed E-state index contributed by atoms with van der Waals surface area (Å²) in [5.41, 5.74) is 0.975. The molecule has 0 spiro atoms. The van der Waals surface area contributed by atoms with E-state index < -0.39 is 0 Å². The average molecular weight is 275 g/mol. The molecule has 1 atom stereocenters. The number of hydrogen-bond donors (Lipinski definition) is 1. The topological polar surface area (TPSA) is 52.7 Å². The maximum Gasteiger partial charge on any atom is 0.247 e. The van der Waals surface area contributed by atoms with Gasteiger partial charge in [-0.15, -0.1) is 0 Å². The highest BCUT2D eigenvalue weighted by Crippen LogP contribution is 2.16. The van der Waals surface area contributed by atoms with E-state index in [2.05, 4.69) is 5.32 Å². The SMILES string of the molecule is CN(C)CCN[C@@H]1CC(=O)N(Cc2ccccc2)C1=O. The van der Waals surface area contributed by atoms with Gasteiger partial charge in [-0.05, 0) is 19.7 Å². The van der Waals surface area contributed by atoms with Crippen molar-refractivity contribution in [2.45, 2.75) is 19.0 Å². The van der Waals surface area contributed by atoms with Gasteiger partial charge in [0.2, 0.25) is 11.8 Å². The Morgan fingerprint density at radius 1 is 1.25 bits per heavy atom. The lowest BCUT2D eigenvalue weighted by molar-refractivity contribution is -0.139. The minimum Gasteiger partial charge on any atom is -0.308 e. The molecule has 20 heavy (non-hydrogen) atoms. The Morgan fingerprint density at radius 3 is 2.60 bits per heavy atom. The van der Waals surface area contributed by atoms with Gasteiger partial charge in [-0.1, -0.05) is 30.3 Å². The lowest BCUT2D eigenvalue weighted by Gasteiger charge is -2.16. The normalized spacial score (nSPS) is 19.1. The third-order valence-corrected chi connectivity index (χ3v) is 3.38. The molecule has 1 fully saturated rings. The molecule has 1 aromatic rings. The molecular formula is C15H21N3O2. The standard InChI is InChI=1S/C15H21N3O2/c1-17(2)9-8-16-13-10-14(19)18(15(13)20)11-12-6-4-3-5-7-12/h3-7,13,16H,8-11H2,1-2H3/t13-/m1/s1. The summed E-state index contributed by atoms with van der Waals surface area (Å²) in [7, 11) is 3.95. The van der Waals surface area contributed by atoms with Gasteiger partial charge in [0, 0.05) is 13.1 Å². The van der Waals surface area contributed by atoms with Crippen molar-refractivity contribution in [1.29, 1.82) is 0 Å². The number of imide groups is 1. The Morgan fingerprint density at radius 2 is 1.95 bits per heavy atom. The minimum atomic E-state index is -0.369. The molecule has 0 radical (unpaired) electrons. The smallest absolute Gasteiger partial charge is 0.247 e. The van der Waals surface area contributed by atoms with Crippen LogP contribution in [0.3, 0.4) is 0 Å². The van der Waals surface area contributed by atoms with Gasteiger partial charge in [-0.3, -0.25) is 14.5 Å². The fourth-order valence-corrected chi connectivity index (χ4v) is 2.24. The predicted molar refractivity (Wildman–Crippen MR) is 77.0 cm³/mol. The molecular weight excluding hydrogens is 254 g/mol. The number of nitrogens with zero attached hydrogens (tertiary/aromatic N) is 2. The first-order valence-electron chi connectivity index (χ1n) is 6.84. The molecule has 1 heterocycles. The van der Waals surface area contributed by atoms with Gasteiger partial charge in [0.05, 0.1) is 19.0 Å². The molecule has 0 aromatic heterocycles. The maximum absolute atomic E-state index is 12.2. The van der Waals surface area contributed by atoms with Gasteiger partial charge in [-0.25, -0.2) is 0 Å². The van der Waals surface area contributed by atoms with Gasteiger partial charge >= 0.3 is 0 Å². The number of rotatable bonds is 6. The van der Waals surface area contributed by atoms with E-state index in [0.29, 0.717) is 13.1 Å². The van der Waals surface area contributed by atoms with Crippen LogP contribution >= 0.6 is 0 Å². The number of hydrogen-bond acceptors (Lipinski definition) is 4. The van der Waals surface area contributed by atoms with Gasteiger partial charge < -0.3 is 10.2 Å². The van der Waals surface area contributed by atoms with E-state index in [1.807, 2.05) is 49.3 Å². The van der Waals surface area contributed by atoms with Gasteiger partial charge in [0.25, 0.3) is 0 Å². The summed E-state index contributed by atoms with van der Waals surface area (Å²) in [5.74, 6) is -0.209. The minimum absolute atomic E-state index is 0.0961. The summed E-state index contributed by atoms with van der Waals surface area (Å²) in [4.78, 5) is 27.6. The summed E-state index contributed by atoms with van der Waals surface area (Å²) in [6, 6.07) is 9.22. The molecule has 1 aliphatic rings. The summed E-state index contributed by atoms with van der Waals surface area (Å²) in [6.45, 7) is 1.91. The Hall–Kier alpha value is -1.72. The highest BCUT2D eigenvalue weighted by Gasteiger charge is 2.37. The summed E-state index contributed by atoms with van der Waals surface area (Å²) in [5, 5.41) is 3.16. The van der Waals surface area contributed by atoms with Crippen molar-refractivity contribution in [3.05, 3.63) is 35.9 Å². The van der Waals surface area contributed by atoms with Gasteiger partial charge in [0.1, 0.15) is 0 Å². The molecule has 0 bridgehead atoms. The number of likely N-dealkylation sites (N-methyl/N-ethyl adjacent to an activating group) is 1. The number of amides is 2. The molecule has 0 unspecified atom stereocenters. The van der Waals surface area contributed by atoms with Gasteiger partial charge in [0.15, 0.2) is 0 Å². The van der Waals surface area contributed by atoms with Crippen molar-refractivity contribution in [3.8, 4) is 0 Å². The lowest BCUT2D eigenvalue weighted by Crippen LogP contribution is -2.41. The largest absolute Gasteiger partial charge is 0.308 e. The van der Waals surface area contributed by atoms with E-state index in [-0.39, 0.29) is 24.3 Å². The molecule has 0 saturated carbocycles. The Labute approximate surface area is 119 Å². The molecule has 108 valence electrons. The summed E-state index contributed by atoms with van der Waals surface area (Å²) >= 11 is 0. The highest BCUT2D eigenvalue weighted by atomic mass is 16.2. The van der Waals surface area contributed by atoms with Crippen LogP contribution in [-0.2, 0) is 16.1 Å². The van der Waals surface area contributed by atoms with Crippen molar-refractivity contribution in [3.63, 3.8) is 0 Å². The lowest BCUT2D eigenvalue weighted by atomic mass is 10.2. The van der Waals surface area contributed by atoms with Crippen molar-refractivity contribution in [1.82, 2.24) is 15.1 Å². The van der Waals surface area contributed by atoms with Crippen LogP contribution in [0, 0.1) is 0 Å². The van der Waals surface area contributed by atoms with Crippen LogP contribution in [0.25, 0.3) is 0 Å². The molecule has 1 aliphatic heterocycles. The second kappa shape index (κ2) is 6.63. The zero-order valence-corrected chi connectivity index (χ0v) is 12.0. The molecule has 1 aromatic carbocycles. The third kappa shape index (κ3) is 3.65. The monoisotopic (exact) mass is 275 g/mol. The van der Waals surface area contributed by atoms with Crippen molar-refractivity contribution >= 4 is 11.8 Å². The summed E-state index contributed by atoms with van der Waals surface area (Å²) in [6.07, 6.45) is 0.263. The molecule has 5 heteroatoms. The van der Waals surface area contributed by atoms with E-state index in [9.17, 15) is 9.59 Å². The van der Waals surface area contributed by atoms with E-state index >= 15 is 0 Å². The Kier molecular flexibility index (Phi) is 4.87. The maximum atomic E-state index is 12.2. The number of likely N-dealkylation sites (tertiary alicyclic amines) is 1. The summed E-state index contributed by atoms with van der Waals surface area (Å²) < 4.78 is 0. The number of benzene rings is 1. The molecule has 0 aliphatic carbocycles. The molecule has 2 rings (SSSR count). The average Bonchev–Trinajstić information content (AvgIpc) is 2.67. The Bertz CT molecular complexity index is 473. The highest BCUT2D eigenvalue weighted by molar-refractivity contribution is 6.05. The van der Waals surface area contributed by atoms with Crippen LogP contribution in [0.4, 0.5) is 0 Å². The number of carbonyl (C=O) groups is 2. The van der Waals surface area contributed by atoms with Crippen LogP contribution in [-0.4, -0.2) is 54.8 Å². The molecule has 1 saturated heterocycles. The van der Waals surface area contributed by atoms with Crippen molar-refractivity contribution < 1.29 is 9.59 Å². The van der Waals surface area contributed by atoms with Gasteiger partial charge in [-0.2, -0.15) is 0 Å². The first-order chi connectivity index (χ1) is 9.58. The zero-order valence-electron chi connectivity index (χ0n) is 12.0. The molecule has 1 N–H and O–H groups in total. The second-order valence-corrected chi connectivity index (χ2v) is 5.32. The zero-order chi connectivity index (χ0) is 14.5. The van der Waals surface area contributed by atoms with Crippen LogP contribution in [0.1, 0.15) is 12.0 Å². The fourth-order valence-electron chi connectivity index (χ4n) is 2.24. The number of carbonyl (C=O) groups excluding carboxylic acids is 2. The van der Waals surface area contributed by atoms with Crippen LogP contribution in [0.5, 0.6) is 0 Å². The van der Waals surface area contributed by atoms with Crippen LogP contribution in [0.15, 0.2) is 30.3 Å². The first kappa shape index (κ1) is 14.7. The van der Waals surface area contributed by atoms with E-state index in [1.54, 1.807) is 0 Å². The van der Waals surface area contributed by atoms with E-state index in [4.69, 9.17) is 0 Å². The first-order valence-corrected chi connectivity index (χ1v) is 6.84. The fraction of sp³-hybridized carbons (Fsp3) is 0.467. The van der Waals surface area contributed by atoms with Crippen molar-refractivity contribution in [2.24, 2.45) is 0 Å². The predicted octanol–water partition coefficient (Wildman–Crippen LogP) is 0.465. The van der Waals surface area contributed by atoms with E-state index in [0.717, 1.165) is 12.1 Å². The second-order valence-electron chi connectivity index (χ2n) is 5.32. The third-order valence-electron chi connectivity index (χ3n) is 3.38. The van der Waals surface area contributed by atoms with Crippen molar-refractivity contribution in [2.75, 3.05) is 27.2 Å². The quantitative estimate of drug-likeness (QED) is 0.767. The molecule has 5 nitrogen and oxygen atoms in total. The van der Waals surface area contributed by atoms with E-state index in [1.165, 1.54) is 4.90 Å². The molecule has 2 amide bonds. The van der Waals surface area contributed by atoms with Crippen LogP contribution in [0.2, 0.25) is 0 Å². The van der Waals surface area contributed by atoms with Crippen LogP contribution < -0.4 is 5.32 Å². The number of nitrogens with one attached hydrogen (secondary N) is 1.